The Morgan fingerprint density at radius 3 is 2.73 bits per heavy atom. The van der Waals surface area contributed by atoms with Gasteiger partial charge in [-0.3, -0.25) is 14.9 Å². The van der Waals surface area contributed by atoms with Crippen LogP contribution in [-0.2, 0) is 0 Å². The third-order valence-corrected chi connectivity index (χ3v) is 4.49. The summed E-state index contributed by atoms with van der Waals surface area (Å²) in [5, 5.41) is 13.5. The highest BCUT2D eigenvalue weighted by Crippen LogP contribution is 2.28. The Balaban J connectivity index is 1.97. The number of amides is 1. The zero-order chi connectivity index (χ0) is 15.7. The summed E-state index contributed by atoms with van der Waals surface area (Å²) in [6.07, 6.45) is 3.32. The quantitative estimate of drug-likeness (QED) is 0.650. The molecule has 0 unspecified atom stereocenters. The normalized spacial score (nSPS) is 24.0. The van der Waals surface area contributed by atoms with Gasteiger partial charge in [-0.25, -0.2) is 4.98 Å². The molecule has 3 aliphatic heterocycles. The van der Waals surface area contributed by atoms with Gasteiger partial charge in [-0.05, 0) is 12.8 Å². The van der Waals surface area contributed by atoms with E-state index in [0.29, 0.717) is 11.9 Å². The van der Waals surface area contributed by atoms with E-state index in [4.69, 9.17) is 0 Å². The highest BCUT2D eigenvalue weighted by molar-refractivity contribution is 5.98. The predicted molar refractivity (Wildman–Crippen MR) is 81.1 cm³/mol. The predicted octanol–water partition coefficient (Wildman–Crippen LogP) is 0.634. The smallest absolute Gasteiger partial charge is 0.300 e. The Bertz CT molecular complexity index is 598. The van der Waals surface area contributed by atoms with E-state index in [2.05, 4.69) is 20.1 Å². The number of nitrogens with zero attached hydrogens (tertiary/aromatic N) is 4. The van der Waals surface area contributed by atoms with Gasteiger partial charge in [0.15, 0.2) is 0 Å². The molecular formula is C14H19N5O3. The molecule has 0 aliphatic carbocycles. The molecule has 1 N–H and O–H groups in total. The number of rotatable bonds is 3. The summed E-state index contributed by atoms with van der Waals surface area (Å²) in [6, 6.07) is 1.94. The number of carbonyl (C=O) groups excluding carboxylic acids is 1. The number of anilines is 1. The van der Waals surface area contributed by atoms with Gasteiger partial charge in [0.1, 0.15) is 17.6 Å². The van der Waals surface area contributed by atoms with Gasteiger partial charge in [-0.2, -0.15) is 0 Å². The highest BCUT2D eigenvalue weighted by atomic mass is 16.6. The first kappa shape index (κ1) is 14.7. The maximum absolute atomic E-state index is 11.9. The molecule has 2 bridgehead atoms. The molecule has 4 rings (SSSR count). The monoisotopic (exact) mass is 305 g/mol. The molecule has 118 valence electrons. The van der Waals surface area contributed by atoms with Crippen LogP contribution >= 0.6 is 0 Å². The molecular weight excluding hydrogens is 286 g/mol. The van der Waals surface area contributed by atoms with Gasteiger partial charge in [-0.1, -0.05) is 0 Å². The fourth-order valence-corrected chi connectivity index (χ4v) is 3.24. The fourth-order valence-electron chi connectivity index (χ4n) is 3.24. The minimum absolute atomic E-state index is 0.0663. The van der Waals surface area contributed by atoms with Crippen LogP contribution in [0.2, 0.25) is 0 Å². The Kier molecular flexibility index (Phi) is 3.93. The van der Waals surface area contributed by atoms with Crippen LogP contribution in [0.3, 0.4) is 0 Å². The van der Waals surface area contributed by atoms with Gasteiger partial charge in [0, 0.05) is 45.3 Å². The molecule has 0 spiro atoms. The molecule has 3 fully saturated rings. The number of nitro groups is 1. The maximum atomic E-state index is 11.9. The van der Waals surface area contributed by atoms with E-state index in [1.54, 1.807) is 6.07 Å². The van der Waals surface area contributed by atoms with Crippen molar-refractivity contribution in [3.63, 3.8) is 0 Å². The summed E-state index contributed by atoms with van der Waals surface area (Å²) in [6.45, 7) is 3.96. The van der Waals surface area contributed by atoms with Crippen LogP contribution in [0.1, 0.15) is 23.2 Å². The number of aromatic nitrogens is 1. The Labute approximate surface area is 128 Å². The second-order valence-electron chi connectivity index (χ2n) is 5.66. The lowest BCUT2D eigenvalue weighted by Crippen LogP contribution is -2.38. The van der Waals surface area contributed by atoms with E-state index in [1.807, 2.05) is 0 Å². The molecule has 0 radical (unpaired) electrons. The van der Waals surface area contributed by atoms with Crippen molar-refractivity contribution in [2.24, 2.45) is 0 Å². The molecule has 8 heteroatoms. The van der Waals surface area contributed by atoms with Crippen LogP contribution in [0.4, 0.5) is 11.5 Å². The van der Waals surface area contributed by atoms with E-state index in [-0.39, 0.29) is 11.3 Å². The SMILES string of the molecule is CNC(=O)c1cc(N2CCN3CCC2CC3)ncc1[N+](=O)[O-]. The molecule has 3 saturated heterocycles. The molecule has 0 aromatic carbocycles. The lowest BCUT2D eigenvalue weighted by molar-refractivity contribution is -0.385. The minimum atomic E-state index is -0.568. The first-order chi connectivity index (χ1) is 10.6. The van der Waals surface area contributed by atoms with Crippen molar-refractivity contribution in [2.75, 3.05) is 38.1 Å². The molecule has 0 saturated carbocycles. The van der Waals surface area contributed by atoms with Crippen molar-refractivity contribution in [1.29, 1.82) is 0 Å². The molecule has 4 heterocycles. The number of carbonyl (C=O) groups is 1. The largest absolute Gasteiger partial charge is 0.355 e. The van der Waals surface area contributed by atoms with Crippen LogP contribution in [-0.4, -0.2) is 60.0 Å². The summed E-state index contributed by atoms with van der Waals surface area (Å²) in [5.74, 6) is 0.191. The summed E-state index contributed by atoms with van der Waals surface area (Å²) in [7, 11) is 1.47. The second-order valence-corrected chi connectivity index (χ2v) is 5.66. The lowest BCUT2D eigenvalue weighted by Gasteiger charge is -2.32. The number of pyridine rings is 1. The summed E-state index contributed by atoms with van der Waals surface area (Å²) < 4.78 is 0. The van der Waals surface area contributed by atoms with Crippen molar-refractivity contribution in [3.05, 3.63) is 27.9 Å². The second kappa shape index (κ2) is 5.88. The first-order valence-corrected chi connectivity index (χ1v) is 7.45. The van der Waals surface area contributed by atoms with Crippen LogP contribution in [0, 0.1) is 10.1 Å². The van der Waals surface area contributed by atoms with Crippen LogP contribution in [0.15, 0.2) is 12.3 Å². The average molecular weight is 305 g/mol. The zero-order valence-electron chi connectivity index (χ0n) is 12.5. The van der Waals surface area contributed by atoms with Crippen molar-refractivity contribution in [1.82, 2.24) is 15.2 Å². The third kappa shape index (κ3) is 2.61. The topological polar surface area (TPSA) is 91.6 Å². The average Bonchev–Trinajstić information content (AvgIpc) is 2.87. The van der Waals surface area contributed by atoms with Crippen LogP contribution in [0.25, 0.3) is 0 Å². The van der Waals surface area contributed by atoms with E-state index in [1.165, 1.54) is 13.2 Å². The van der Waals surface area contributed by atoms with Gasteiger partial charge in [0.25, 0.3) is 11.6 Å². The molecule has 0 atom stereocenters. The zero-order valence-corrected chi connectivity index (χ0v) is 12.5. The molecule has 22 heavy (non-hydrogen) atoms. The third-order valence-electron chi connectivity index (χ3n) is 4.49. The molecule has 1 aromatic rings. The van der Waals surface area contributed by atoms with Gasteiger partial charge in [-0.15, -0.1) is 0 Å². The number of hydrogen-bond acceptors (Lipinski definition) is 6. The van der Waals surface area contributed by atoms with Crippen molar-refractivity contribution in [2.45, 2.75) is 18.9 Å². The summed E-state index contributed by atoms with van der Waals surface area (Å²) in [4.78, 5) is 31.3. The Hall–Kier alpha value is -2.22. The van der Waals surface area contributed by atoms with E-state index < -0.39 is 10.8 Å². The summed E-state index contributed by atoms with van der Waals surface area (Å²) >= 11 is 0. The van der Waals surface area contributed by atoms with Gasteiger partial charge in [0.2, 0.25) is 0 Å². The van der Waals surface area contributed by atoms with Gasteiger partial charge < -0.3 is 15.1 Å². The first-order valence-electron chi connectivity index (χ1n) is 7.45. The van der Waals surface area contributed by atoms with Crippen molar-refractivity contribution in [3.8, 4) is 0 Å². The van der Waals surface area contributed by atoms with Crippen molar-refractivity contribution < 1.29 is 9.72 Å². The molecule has 1 aromatic heterocycles. The van der Waals surface area contributed by atoms with Crippen LogP contribution < -0.4 is 10.2 Å². The van der Waals surface area contributed by atoms with Crippen molar-refractivity contribution >= 4 is 17.4 Å². The maximum Gasteiger partial charge on any atom is 0.300 e. The summed E-state index contributed by atoms with van der Waals surface area (Å²) in [5.41, 5.74) is -0.192. The highest BCUT2D eigenvalue weighted by Gasteiger charge is 2.31. The van der Waals surface area contributed by atoms with Crippen LogP contribution in [0.5, 0.6) is 0 Å². The van der Waals surface area contributed by atoms with Gasteiger partial charge >= 0.3 is 0 Å². The van der Waals surface area contributed by atoms with E-state index in [9.17, 15) is 14.9 Å². The molecule has 8 nitrogen and oxygen atoms in total. The number of piperidine rings is 1. The fraction of sp³-hybridized carbons (Fsp3) is 0.571. The number of nitrogens with one attached hydrogen (secondary N) is 1. The molecule has 3 aliphatic rings. The number of hydrogen-bond donors (Lipinski definition) is 1. The minimum Gasteiger partial charge on any atom is -0.355 e. The Morgan fingerprint density at radius 2 is 2.09 bits per heavy atom. The number of fused-ring (bicyclic) bond motifs is 4. The molecule has 1 amide bonds. The van der Waals surface area contributed by atoms with Gasteiger partial charge in [0.05, 0.1) is 4.92 Å². The standard InChI is InChI=1S/C14H19N5O3/c1-15-14(20)11-8-13(16-9-12(11)19(21)22)18-7-6-17-4-2-10(18)3-5-17/h8-10H,2-7H2,1H3,(H,15,20). The lowest BCUT2D eigenvalue weighted by atomic mass is 10.0. The van der Waals surface area contributed by atoms with E-state index in [0.717, 1.165) is 39.0 Å². The Morgan fingerprint density at radius 1 is 1.36 bits per heavy atom. The van der Waals surface area contributed by atoms with E-state index >= 15 is 0 Å².